The number of carbonyl (C=O) groups excluding carboxylic acids is 1. The first-order valence-corrected chi connectivity index (χ1v) is 9.75. The monoisotopic (exact) mass is 399 g/mol. The number of benzene rings is 1. The minimum Gasteiger partial charge on any atom is -0.370 e. The van der Waals surface area contributed by atoms with Gasteiger partial charge in [0.25, 0.3) is 0 Å². The average Bonchev–Trinajstić information content (AvgIpc) is 3.08. The number of aliphatic imine (C=N–C) groups is 1. The molecule has 27 heavy (non-hydrogen) atoms. The van der Waals surface area contributed by atoms with Crippen molar-refractivity contribution in [2.24, 2.45) is 10.7 Å². The third-order valence-electron chi connectivity index (χ3n) is 4.84. The zero-order chi connectivity index (χ0) is 19.3. The van der Waals surface area contributed by atoms with Gasteiger partial charge in [0.05, 0.1) is 23.4 Å². The molecule has 0 saturated heterocycles. The maximum atomic E-state index is 11.7. The van der Waals surface area contributed by atoms with Crippen LogP contribution in [0, 0.1) is 20.8 Å². The van der Waals surface area contributed by atoms with Crippen molar-refractivity contribution in [3.8, 4) is 10.4 Å². The van der Waals surface area contributed by atoms with Gasteiger partial charge in [-0.2, -0.15) is 0 Å². The minimum absolute atomic E-state index is 0.0612. The molecule has 2 aromatic heterocycles. The normalized spacial score (nSPS) is 15.7. The number of nitrogens with two attached hydrogens (primary N) is 1. The van der Waals surface area contributed by atoms with Crippen LogP contribution in [0.25, 0.3) is 10.4 Å². The topological polar surface area (TPSA) is 81.5 Å². The van der Waals surface area contributed by atoms with E-state index in [2.05, 4.69) is 19.0 Å². The van der Waals surface area contributed by atoms with Crippen molar-refractivity contribution in [3.05, 3.63) is 62.3 Å². The summed E-state index contributed by atoms with van der Waals surface area (Å²) in [5.74, 6) is 0.162. The van der Waals surface area contributed by atoms with Crippen LogP contribution in [0.5, 0.6) is 0 Å². The number of amides is 1. The highest BCUT2D eigenvalue weighted by molar-refractivity contribution is 7.16. The number of aromatic nitrogens is 1. The van der Waals surface area contributed by atoms with Gasteiger partial charge in [-0.05, 0) is 38.5 Å². The summed E-state index contributed by atoms with van der Waals surface area (Å²) in [6.07, 6.45) is 0.0612. The Kier molecular flexibility index (Phi) is 4.40. The highest BCUT2D eigenvalue weighted by atomic mass is 35.5. The predicted octanol–water partition coefficient (Wildman–Crippen LogP) is 4.75. The van der Waals surface area contributed by atoms with E-state index < -0.39 is 11.9 Å². The van der Waals surface area contributed by atoms with Gasteiger partial charge in [0.15, 0.2) is 5.76 Å². The molecule has 7 heteroatoms. The van der Waals surface area contributed by atoms with Gasteiger partial charge in [-0.3, -0.25) is 9.79 Å². The molecule has 138 valence electrons. The van der Waals surface area contributed by atoms with E-state index in [0.717, 1.165) is 38.5 Å². The van der Waals surface area contributed by atoms with Crippen LogP contribution in [0.3, 0.4) is 0 Å². The van der Waals surface area contributed by atoms with Crippen LogP contribution < -0.4 is 5.73 Å². The maximum Gasteiger partial charge on any atom is 0.220 e. The van der Waals surface area contributed by atoms with Crippen molar-refractivity contribution in [1.82, 2.24) is 5.16 Å². The molecule has 0 spiro atoms. The Labute approximate surface area is 165 Å². The van der Waals surface area contributed by atoms with Crippen molar-refractivity contribution in [1.29, 1.82) is 0 Å². The Balaban J connectivity index is 2.04. The summed E-state index contributed by atoms with van der Waals surface area (Å²) in [5, 5.41) is 4.80. The van der Waals surface area contributed by atoms with E-state index in [0.29, 0.717) is 10.8 Å². The standard InChI is InChI=1S/C20H18ClN3O2S/c1-9-11(3)27-20-16(9)18(12-4-6-13(21)7-5-12)23-14(8-15(22)25)19-17(20)10(2)24-26-19/h4-7,14H,8H2,1-3H3,(H2,22,25). The van der Waals surface area contributed by atoms with Gasteiger partial charge in [0, 0.05) is 25.9 Å². The van der Waals surface area contributed by atoms with Crippen LogP contribution in [-0.4, -0.2) is 16.8 Å². The molecular weight excluding hydrogens is 382 g/mol. The largest absolute Gasteiger partial charge is 0.370 e. The number of primary amides is 1. The molecule has 1 unspecified atom stereocenters. The average molecular weight is 400 g/mol. The number of hydrogen-bond donors (Lipinski definition) is 1. The van der Waals surface area contributed by atoms with Crippen LogP contribution in [0.15, 0.2) is 33.8 Å². The number of hydrogen-bond acceptors (Lipinski definition) is 5. The fraction of sp³-hybridized carbons (Fsp3) is 0.250. The predicted molar refractivity (Wildman–Crippen MR) is 108 cm³/mol. The third-order valence-corrected chi connectivity index (χ3v) is 6.31. The Bertz CT molecular complexity index is 1080. The molecule has 1 aromatic carbocycles. The van der Waals surface area contributed by atoms with E-state index in [1.54, 1.807) is 11.3 Å². The first-order valence-electron chi connectivity index (χ1n) is 8.55. The van der Waals surface area contributed by atoms with Crippen LogP contribution in [0.1, 0.15) is 45.5 Å². The highest BCUT2D eigenvalue weighted by Crippen LogP contribution is 2.46. The second-order valence-corrected chi connectivity index (χ2v) is 8.33. The smallest absolute Gasteiger partial charge is 0.220 e. The van der Waals surface area contributed by atoms with Gasteiger partial charge in [-0.1, -0.05) is 28.9 Å². The van der Waals surface area contributed by atoms with Crippen molar-refractivity contribution in [2.45, 2.75) is 33.2 Å². The van der Waals surface area contributed by atoms with Gasteiger partial charge in [-0.25, -0.2) is 0 Å². The lowest BCUT2D eigenvalue weighted by Crippen LogP contribution is -2.15. The van der Waals surface area contributed by atoms with Gasteiger partial charge in [-0.15, -0.1) is 11.3 Å². The van der Waals surface area contributed by atoms with E-state index in [9.17, 15) is 4.79 Å². The van der Waals surface area contributed by atoms with Crippen molar-refractivity contribution in [3.63, 3.8) is 0 Å². The Morgan fingerprint density at radius 1 is 1.22 bits per heavy atom. The first-order chi connectivity index (χ1) is 12.9. The number of carbonyl (C=O) groups is 1. The lowest BCUT2D eigenvalue weighted by molar-refractivity contribution is -0.118. The number of rotatable bonds is 3. The summed E-state index contributed by atoms with van der Waals surface area (Å²) in [6, 6.07) is 7.05. The van der Waals surface area contributed by atoms with Crippen LogP contribution in [0.2, 0.25) is 5.02 Å². The molecule has 0 fully saturated rings. The quantitative estimate of drug-likeness (QED) is 0.689. The zero-order valence-corrected chi connectivity index (χ0v) is 16.7. The van der Waals surface area contributed by atoms with Gasteiger partial charge in [0.2, 0.25) is 5.91 Å². The van der Waals surface area contributed by atoms with E-state index in [4.69, 9.17) is 26.9 Å². The van der Waals surface area contributed by atoms with Crippen LogP contribution in [0.4, 0.5) is 0 Å². The van der Waals surface area contributed by atoms with Crippen molar-refractivity contribution in [2.75, 3.05) is 0 Å². The summed E-state index contributed by atoms with van der Waals surface area (Å²) in [7, 11) is 0. The number of thiophene rings is 1. The molecule has 1 aliphatic rings. The van der Waals surface area contributed by atoms with E-state index in [1.165, 1.54) is 4.88 Å². The summed E-state index contributed by atoms with van der Waals surface area (Å²) in [4.78, 5) is 18.9. The number of aryl methyl sites for hydroxylation is 2. The SMILES string of the molecule is Cc1noc2c1-c1sc(C)c(C)c1C(c1ccc(Cl)cc1)=NC2CC(N)=O. The summed E-state index contributed by atoms with van der Waals surface area (Å²) < 4.78 is 5.61. The molecule has 3 heterocycles. The molecular formula is C20H18ClN3O2S. The molecule has 0 aliphatic carbocycles. The molecule has 0 bridgehead atoms. The Hall–Kier alpha value is -2.44. The minimum atomic E-state index is -0.510. The fourth-order valence-electron chi connectivity index (χ4n) is 3.41. The Morgan fingerprint density at radius 3 is 2.59 bits per heavy atom. The van der Waals surface area contributed by atoms with Gasteiger partial charge < -0.3 is 10.3 Å². The zero-order valence-electron chi connectivity index (χ0n) is 15.2. The summed E-state index contributed by atoms with van der Waals surface area (Å²) in [6.45, 7) is 6.09. The van der Waals surface area contributed by atoms with E-state index in [-0.39, 0.29) is 6.42 Å². The van der Waals surface area contributed by atoms with Crippen molar-refractivity contribution >= 4 is 34.6 Å². The number of halogens is 1. The van der Waals surface area contributed by atoms with Crippen molar-refractivity contribution < 1.29 is 9.32 Å². The van der Waals surface area contributed by atoms with Gasteiger partial charge >= 0.3 is 0 Å². The molecule has 3 aromatic rings. The maximum absolute atomic E-state index is 11.7. The lowest BCUT2D eigenvalue weighted by Gasteiger charge is -2.11. The van der Waals surface area contributed by atoms with E-state index in [1.807, 2.05) is 31.2 Å². The molecule has 4 rings (SSSR count). The molecule has 1 aliphatic heterocycles. The molecule has 2 N–H and O–H groups in total. The third kappa shape index (κ3) is 2.99. The van der Waals surface area contributed by atoms with Crippen LogP contribution >= 0.6 is 22.9 Å². The second-order valence-electron chi connectivity index (χ2n) is 6.67. The molecule has 0 saturated carbocycles. The van der Waals surface area contributed by atoms with E-state index >= 15 is 0 Å². The first kappa shape index (κ1) is 17.9. The summed E-state index contributed by atoms with van der Waals surface area (Å²) in [5.41, 5.74) is 11.2. The fourth-order valence-corrected chi connectivity index (χ4v) is 4.80. The van der Waals surface area contributed by atoms with Gasteiger partial charge in [0.1, 0.15) is 6.04 Å². The van der Waals surface area contributed by atoms with Crippen LogP contribution in [-0.2, 0) is 4.79 Å². The summed E-state index contributed by atoms with van der Waals surface area (Å²) >= 11 is 7.76. The molecule has 5 nitrogen and oxygen atoms in total. The number of fused-ring (bicyclic) bond motifs is 3. The second kappa shape index (κ2) is 6.62. The number of nitrogens with zero attached hydrogens (tertiary/aromatic N) is 2. The highest BCUT2D eigenvalue weighted by Gasteiger charge is 2.33. The lowest BCUT2D eigenvalue weighted by atomic mass is 9.96. The molecule has 1 amide bonds. The Morgan fingerprint density at radius 2 is 1.93 bits per heavy atom. The molecule has 0 radical (unpaired) electrons. The molecule has 1 atom stereocenters.